The van der Waals surface area contributed by atoms with Crippen LogP contribution in [0.1, 0.15) is 12.8 Å². The van der Waals surface area contributed by atoms with Crippen LogP contribution < -0.4 is 10.6 Å². The zero-order valence-corrected chi connectivity index (χ0v) is 15.4. The minimum atomic E-state index is 0. The number of ether oxygens (including phenoxy) is 1. The molecule has 2 rings (SSSR count). The van der Waals surface area contributed by atoms with E-state index in [1.807, 2.05) is 7.05 Å². The molecule has 0 aromatic heterocycles. The average Bonchev–Trinajstić information content (AvgIpc) is 2.97. The van der Waals surface area contributed by atoms with Crippen LogP contribution in [0.5, 0.6) is 0 Å². The fourth-order valence-corrected chi connectivity index (χ4v) is 3.37. The summed E-state index contributed by atoms with van der Waals surface area (Å²) in [6, 6.07) is 0. The number of thioether (sulfide) groups is 1. The van der Waals surface area contributed by atoms with Gasteiger partial charge in [-0.3, -0.25) is 9.89 Å². The standard InChI is InChI=1S/C13H26N4OS.HI/c1-14-13(16-11-12-3-2-8-18-12)15-4-5-17-6-9-19-10-7-17;/h12H,2-11H2,1H3,(H2,14,15,16);1H. The van der Waals surface area contributed by atoms with E-state index in [0.717, 1.165) is 38.6 Å². The molecule has 2 fully saturated rings. The molecule has 0 amide bonds. The van der Waals surface area contributed by atoms with E-state index in [1.54, 1.807) is 0 Å². The largest absolute Gasteiger partial charge is 0.376 e. The second-order valence-electron chi connectivity index (χ2n) is 4.97. The Labute approximate surface area is 143 Å². The highest BCUT2D eigenvalue weighted by Gasteiger charge is 2.15. The molecule has 0 aromatic rings. The Morgan fingerprint density at radius 1 is 1.35 bits per heavy atom. The van der Waals surface area contributed by atoms with Gasteiger partial charge in [-0.05, 0) is 12.8 Å². The number of aliphatic imine (C=N–C) groups is 1. The summed E-state index contributed by atoms with van der Waals surface area (Å²) in [5, 5.41) is 6.72. The van der Waals surface area contributed by atoms with Crippen LogP contribution in [0.3, 0.4) is 0 Å². The molecule has 0 radical (unpaired) electrons. The minimum absolute atomic E-state index is 0. The molecule has 2 aliphatic heterocycles. The normalized spacial score (nSPS) is 24.2. The topological polar surface area (TPSA) is 48.9 Å². The Kier molecular flexibility index (Phi) is 10.0. The second kappa shape index (κ2) is 10.9. The Bertz CT molecular complexity index is 282. The molecule has 1 unspecified atom stereocenters. The number of rotatable bonds is 5. The van der Waals surface area contributed by atoms with Gasteiger partial charge in [-0.1, -0.05) is 0 Å². The van der Waals surface area contributed by atoms with E-state index < -0.39 is 0 Å². The van der Waals surface area contributed by atoms with Gasteiger partial charge in [0.25, 0.3) is 0 Å². The summed E-state index contributed by atoms with van der Waals surface area (Å²) in [7, 11) is 1.82. The zero-order chi connectivity index (χ0) is 13.3. The molecule has 5 nitrogen and oxygen atoms in total. The molecule has 1 atom stereocenters. The molecule has 0 bridgehead atoms. The summed E-state index contributed by atoms with van der Waals surface area (Å²) in [6.07, 6.45) is 2.71. The van der Waals surface area contributed by atoms with Gasteiger partial charge in [-0.2, -0.15) is 11.8 Å². The summed E-state index contributed by atoms with van der Waals surface area (Å²) in [4.78, 5) is 6.76. The lowest BCUT2D eigenvalue weighted by molar-refractivity contribution is 0.114. The second-order valence-corrected chi connectivity index (χ2v) is 6.19. The van der Waals surface area contributed by atoms with Crippen molar-refractivity contribution >= 4 is 41.7 Å². The van der Waals surface area contributed by atoms with E-state index in [1.165, 1.54) is 31.0 Å². The third-order valence-electron chi connectivity index (χ3n) is 3.57. The first-order valence-electron chi connectivity index (χ1n) is 7.24. The molecular formula is C13H27IN4OS. The van der Waals surface area contributed by atoms with Gasteiger partial charge in [0.1, 0.15) is 0 Å². The van der Waals surface area contributed by atoms with Crippen LogP contribution in [-0.2, 0) is 4.74 Å². The van der Waals surface area contributed by atoms with Crippen molar-refractivity contribution in [3.63, 3.8) is 0 Å². The van der Waals surface area contributed by atoms with Gasteiger partial charge in [-0.25, -0.2) is 0 Å². The molecule has 0 saturated carbocycles. The van der Waals surface area contributed by atoms with Crippen molar-refractivity contribution in [2.24, 2.45) is 4.99 Å². The fraction of sp³-hybridized carbons (Fsp3) is 0.923. The SMILES string of the molecule is CN=C(NCCN1CCSCC1)NCC1CCCO1.I. The lowest BCUT2D eigenvalue weighted by Gasteiger charge is -2.26. The molecular weight excluding hydrogens is 387 g/mol. The number of guanidine groups is 1. The van der Waals surface area contributed by atoms with Crippen LogP contribution in [0, 0.1) is 0 Å². The highest BCUT2D eigenvalue weighted by Crippen LogP contribution is 2.10. The van der Waals surface area contributed by atoms with Crippen molar-refractivity contribution in [2.75, 3.05) is 57.9 Å². The number of halogens is 1. The maximum Gasteiger partial charge on any atom is 0.191 e. The first kappa shape index (κ1) is 18.3. The Morgan fingerprint density at radius 2 is 2.15 bits per heavy atom. The van der Waals surface area contributed by atoms with E-state index in [-0.39, 0.29) is 24.0 Å². The lowest BCUT2D eigenvalue weighted by atomic mass is 10.2. The molecule has 0 aliphatic carbocycles. The third kappa shape index (κ3) is 6.82. The smallest absolute Gasteiger partial charge is 0.191 e. The van der Waals surface area contributed by atoms with Gasteiger partial charge in [0.2, 0.25) is 0 Å². The number of nitrogens with one attached hydrogen (secondary N) is 2. The predicted octanol–water partition coefficient (Wildman–Crippen LogP) is 0.997. The zero-order valence-electron chi connectivity index (χ0n) is 12.3. The fourth-order valence-electron chi connectivity index (χ4n) is 2.39. The van der Waals surface area contributed by atoms with Gasteiger partial charge in [0.15, 0.2) is 5.96 Å². The molecule has 0 aromatic carbocycles. The molecule has 7 heteroatoms. The van der Waals surface area contributed by atoms with Crippen LogP contribution in [-0.4, -0.2) is 74.8 Å². The maximum atomic E-state index is 5.59. The van der Waals surface area contributed by atoms with E-state index in [2.05, 4.69) is 32.3 Å². The predicted molar refractivity (Wildman–Crippen MR) is 97.5 cm³/mol. The van der Waals surface area contributed by atoms with E-state index in [0.29, 0.717) is 6.10 Å². The van der Waals surface area contributed by atoms with Crippen LogP contribution in [0.4, 0.5) is 0 Å². The van der Waals surface area contributed by atoms with Crippen LogP contribution >= 0.6 is 35.7 Å². The summed E-state index contributed by atoms with van der Waals surface area (Å²) in [6.45, 7) is 6.25. The summed E-state index contributed by atoms with van der Waals surface area (Å²) < 4.78 is 5.59. The molecule has 118 valence electrons. The molecule has 2 aliphatic rings. The number of nitrogens with zero attached hydrogens (tertiary/aromatic N) is 2. The van der Waals surface area contributed by atoms with Crippen molar-refractivity contribution in [1.82, 2.24) is 15.5 Å². The molecule has 20 heavy (non-hydrogen) atoms. The Balaban J connectivity index is 0.00000200. The lowest BCUT2D eigenvalue weighted by Crippen LogP contribution is -2.45. The van der Waals surface area contributed by atoms with Crippen molar-refractivity contribution in [1.29, 1.82) is 0 Å². The van der Waals surface area contributed by atoms with Crippen molar-refractivity contribution < 1.29 is 4.74 Å². The average molecular weight is 414 g/mol. The molecule has 2 heterocycles. The third-order valence-corrected chi connectivity index (χ3v) is 4.51. The number of hydrogen-bond donors (Lipinski definition) is 2. The van der Waals surface area contributed by atoms with Crippen LogP contribution in [0.15, 0.2) is 4.99 Å². The summed E-state index contributed by atoms with van der Waals surface area (Å²) in [5.41, 5.74) is 0. The Hall–Kier alpha value is 0.270. The highest BCUT2D eigenvalue weighted by molar-refractivity contribution is 14.0. The van der Waals surface area contributed by atoms with Gasteiger partial charge >= 0.3 is 0 Å². The Morgan fingerprint density at radius 3 is 2.80 bits per heavy atom. The monoisotopic (exact) mass is 414 g/mol. The van der Waals surface area contributed by atoms with E-state index >= 15 is 0 Å². The van der Waals surface area contributed by atoms with E-state index in [4.69, 9.17) is 4.74 Å². The minimum Gasteiger partial charge on any atom is -0.376 e. The van der Waals surface area contributed by atoms with Gasteiger partial charge < -0.3 is 15.4 Å². The molecule has 2 saturated heterocycles. The highest BCUT2D eigenvalue weighted by atomic mass is 127. The molecule has 2 N–H and O–H groups in total. The quantitative estimate of drug-likeness (QED) is 0.400. The maximum absolute atomic E-state index is 5.59. The van der Waals surface area contributed by atoms with Gasteiger partial charge in [-0.15, -0.1) is 24.0 Å². The van der Waals surface area contributed by atoms with Crippen LogP contribution in [0.2, 0.25) is 0 Å². The van der Waals surface area contributed by atoms with Crippen LogP contribution in [0.25, 0.3) is 0 Å². The van der Waals surface area contributed by atoms with Gasteiger partial charge in [0, 0.05) is 57.9 Å². The van der Waals surface area contributed by atoms with E-state index in [9.17, 15) is 0 Å². The summed E-state index contributed by atoms with van der Waals surface area (Å²) in [5.74, 6) is 3.43. The van der Waals surface area contributed by atoms with Gasteiger partial charge in [0.05, 0.1) is 6.10 Å². The molecule has 0 spiro atoms. The number of hydrogen-bond acceptors (Lipinski definition) is 4. The van der Waals surface area contributed by atoms with Crippen molar-refractivity contribution in [2.45, 2.75) is 18.9 Å². The van der Waals surface area contributed by atoms with Crippen molar-refractivity contribution in [3.8, 4) is 0 Å². The first-order chi connectivity index (χ1) is 9.38. The summed E-state index contributed by atoms with van der Waals surface area (Å²) >= 11 is 2.05. The first-order valence-corrected chi connectivity index (χ1v) is 8.40. The van der Waals surface area contributed by atoms with Crippen molar-refractivity contribution in [3.05, 3.63) is 0 Å².